The molecule has 4 fully saturated rings. The van der Waals surface area contributed by atoms with Gasteiger partial charge in [-0.2, -0.15) is 27.0 Å². The Morgan fingerprint density at radius 2 is 1.01 bits per heavy atom. The standard InChI is InChI=1S/C28H33ClFN3O5.C24H25ClFN3O5.3H2S/c1-27(2,3)38-17-22(24(34)37-4)31-26(36)32-14-12-28(13-15-32)23(18-8-10-19(29)11-9-18)33(25(28)35)21-7-5-6-20(30)16-21;1-34-21(31)19(14-30)27-23(33)28-11-9-24(10-12-28)20(15-5-7-16(25)8-6-15)29(22(24)32)18-4-2-3-17(26)13-18;;;/h5-11,16,22-23H,12-15,17H2,1-4H3,(H,31,36);2-8,13,19-20,30H,9-12,14H2,1H3,(H,27,33);3*1H2/p-1/t22-,23?;19-,20?;;;/m00.../s1. The summed E-state index contributed by atoms with van der Waals surface area (Å²) < 4.78 is 43.1. The van der Waals surface area contributed by atoms with E-state index in [1.54, 1.807) is 63.2 Å². The number of carbonyl (C=O) groups excluding carboxylic acids is 6. The first kappa shape index (κ1) is 62.3. The monoisotopic (exact) mass is 1140 g/mol. The molecule has 75 heavy (non-hydrogen) atoms. The van der Waals surface area contributed by atoms with Crippen LogP contribution in [0.5, 0.6) is 0 Å². The number of aliphatic hydroxyl groups is 1. The van der Waals surface area contributed by atoms with Crippen LogP contribution in [-0.4, -0.2) is 122 Å². The Balaban J connectivity index is 0.000000314. The van der Waals surface area contributed by atoms with Crippen molar-refractivity contribution in [2.75, 3.05) is 63.4 Å². The zero-order chi connectivity index (χ0) is 52.1. The summed E-state index contributed by atoms with van der Waals surface area (Å²) in [5, 5.41) is 15.7. The smallest absolute Gasteiger partial charge is 0.330 e. The van der Waals surface area contributed by atoms with Crippen LogP contribution in [0.15, 0.2) is 97.1 Å². The van der Waals surface area contributed by atoms with E-state index in [2.05, 4.69) is 15.4 Å². The van der Waals surface area contributed by atoms with Crippen molar-refractivity contribution in [2.45, 2.75) is 76.2 Å². The summed E-state index contributed by atoms with van der Waals surface area (Å²) in [6, 6.07) is 22.7. The van der Waals surface area contributed by atoms with Gasteiger partial charge in [-0.15, -0.1) is 0 Å². The third-order valence-electron chi connectivity index (χ3n) is 13.7. The Bertz CT molecular complexity index is 2660. The molecule has 4 aliphatic heterocycles. The molecule has 0 aromatic heterocycles. The first-order valence-electron chi connectivity index (χ1n) is 23.5. The van der Waals surface area contributed by atoms with Gasteiger partial charge in [-0.25, -0.2) is 28.0 Å². The van der Waals surface area contributed by atoms with Crippen LogP contribution in [0.25, 0.3) is 0 Å². The molecule has 4 atom stereocenters. The largest absolute Gasteiger partial charge is 0.813 e. The number of ether oxygens (including phenoxy) is 3. The average molecular weight is 1140 g/mol. The number of hydrogen-bond acceptors (Lipinski definition) is 11. The summed E-state index contributed by atoms with van der Waals surface area (Å²) in [6.07, 6.45) is 1.61. The molecular weight excluding hydrogens is 1070 g/mol. The molecule has 408 valence electrons. The van der Waals surface area contributed by atoms with Crippen LogP contribution in [0.2, 0.25) is 10.0 Å². The minimum Gasteiger partial charge on any atom is -0.813 e. The number of piperidine rings is 2. The fourth-order valence-electron chi connectivity index (χ4n) is 9.96. The minimum absolute atomic E-state index is 0. The number of thiol groups is 1. The predicted octanol–water partition coefficient (Wildman–Crippen LogP) is 7.56. The lowest BCUT2D eigenvalue weighted by molar-refractivity contribution is -0.146. The zero-order valence-corrected chi connectivity index (χ0v) is 46.4. The molecule has 3 N–H and O–H groups in total. The van der Waals surface area contributed by atoms with Crippen LogP contribution in [0.1, 0.15) is 69.7 Å². The summed E-state index contributed by atoms with van der Waals surface area (Å²) in [5.74, 6) is -2.43. The predicted molar refractivity (Wildman–Crippen MR) is 294 cm³/mol. The van der Waals surface area contributed by atoms with Crippen molar-refractivity contribution in [1.82, 2.24) is 20.4 Å². The Kier molecular flexibility index (Phi) is 21.7. The van der Waals surface area contributed by atoms with Gasteiger partial charge >= 0.3 is 24.0 Å². The lowest BCUT2D eigenvalue weighted by Crippen LogP contribution is -2.67. The molecule has 0 aliphatic carbocycles. The van der Waals surface area contributed by atoms with Crippen molar-refractivity contribution in [3.05, 3.63) is 130 Å². The fourth-order valence-corrected chi connectivity index (χ4v) is 10.2. The van der Waals surface area contributed by atoms with Gasteiger partial charge in [0.25, 0.3) is 0 Å². The summed E-state index contributed by atoms with van der Waals surface area (Å²) >= 11 is 12.2. The minimum atomic E-state index is -1.16. The second-order valence-electron chi connectivity index (χ2n) is 19.2. The lowest BCUT2D eigenvalue weighted by Gasteiger charge is -2.59. The number of urea groups is 2. The number of nitrogens with one attached hydrogen (secondary N) is 2. The van der Waals surface area contributed by atoms with E-state index in [1.165, 1.54) is 43.4 Å². The van der Waals surface area contributed by atoms with E-state index in [1.807, 2.05) is 45.0 Å². The Morgan fingerprint density at radius 1 is 0.653 bits per heavy atom. The van der Waals surface area contributed by atoms with Gasteiger partial charge in [0.15, 0.2) is 12.1 Å². The van der Waals surface area contributed by atoms with E-state index in [9.17, 15) is 42.7 Å². The van der Waals surface area contributed by atoms with Gasteiger partial charge < -0.3 is 63.0 Å². The van der Waals surface area contributed by atoms with Gasteiger partial charge in [0, 0.05) is 47.6 Å². The van der Waals surface area contributed by atoms with Crippen LogP contribution in [0.4, 0.5) is 29.7 Å². The van der Waals surface area contributed by atoms with E-state index in [0.717, 1.165) is 11.1 Å². The van der Waals surface area contributed by atoms with Crippen molar-refractivity contribution in [1.29, 1.82) is 0 Å². The summed E-state index contributed by atoms with van der Waals surface area (Å²) in [6.45, 7) is 6.12. The van der Waals surface area contributed by atoms with Crippen LogP contribution in [-0.2, 0) is 46.9 Å². The topological polar surface area (TPSA) is 187 Å². The number of nitrogens with zero attached hydrogens (tertiary/aromatic N) is 4. The third kappa shape index (κ3) is 13.5. The molecule has 4 saturated heterocycles. The summed E-state index contributed by atoms with van der Waals surface area (Å²) in [4.78, 5) is 83.1. The molecule has 16 nitrogen and oxygen atoms in total. The third-order valence-corrected chi connectivity index (χ3v) is 14.2. The quantitative estimate of drug-likeness (QED) is 0.0582. The maximum Gasteiger partial charge on any atom is 0.330 e. The molecule has 6 amide bonds. The van der Waals surface area contributed by atoms with Gasteiger partial charge in [-0.1, -0.05) is 59.6 Å². The van der Waals surface area contributed by atoms with Gasteiger partial charge in [-0.3, -0.25) is 9.59 Å². The molecule has 23 heteroatoms. The molecule has 0 saturated carbocycles. The summed E-state index contributed by atoms with van der Waals surface area (Å²) in [7, 11) is 2.43. The normalized spacial score (nSPS) is 19.0. The zero-order valence-electron chi connectivity index (χ0n) is 42.0. The second-order valence-corrected chi connectivity index (χ2v) is 20.0. The molecule has 4 aliphatic rings. The lowest BCUT2D eigenvalue weighted by atomic mass is 9.62. The van der Waals surface area contributed by atoms with Crippen LogP contribution >= 0.6 is 50.2 Å². The number of esters is 2. The number of rotatable bonds is 11. The summed E-state index contributed by atoms with van der Waals surface area (Å²) in [5.41, 5.74) is 0.728. The highest BCUT2D eigenvalue weighted by Crippen LogP contribution is 2.59. The number of carbonyl (C=O) groups is 6. The van der Waals surface area contributed by atoms with E-state index in [0.29, 0.717) is 60.2 Å². The van der Waals surface area contributed by atoms with Crippen LogP contribution < -0.4 is 20.4 Å². The van der Waals surface area contributed by atoms with E-state index in [4.69, 9.17) is 32.7 Å². The van der Waals surface area contributed by atoms with Crippen molar-refractivity contribution >= 4 is 111 Å². The average Bonchev–Trinajstić information content (AvgIpc) is 3.37. The van der Waals surface area contributed by atoms with Gasteiger partial charge in [0.05, 0.1) is 55.9 Å². The molecular formula is C52H63Cl2F2N6O10S3-. The molecule has 0 bridgehead atoms. The van der Waals surface area contributed by atoms with Crippen LogP contribution in [0, 0.1) is 22.5 Å². The number of anilines is 2. The molecule has 4 heterocycles. The number of halogens is 4. The van der Waals surface area contributed by atoms with Gasteiger partial charge in [0.1, 0.15) is 11.6 Å². The fraction of sp³-hybridized carbons (Fsp3) is 0.423. The highest BCUT2D eigenvalue weighted by Gasteiger charge is 2.63. The van der Waals surface area contributed by atoms with Crippen molar-refractivity contribution < 1.29 is 56.9 Å². The Labute approximate surface area is 466 Å². The highest BCUT2D eigenvalue weighted by molar-refractivity contribution is 7.59. The van der Waals surface area contributed by atoms with E-state index in [-0.39, 0.29) is 84.1 Å². The van der Waals surface area contributed by atoms with Crippen LogP contribution in [0.3, 0.4) is 0 Å². The number of β-lactam (4-membered cyclic amide) rings is 2. The number of likely N-dealkylation sites (tertiary alicyclic amines) is 2. The second kappa shape index (κ2) is 26.2. The SMILES string of the molecule is COC(=O)[C@H](CO)NC(=O)N1CCC2(CC1)C(=O)N(c1cccc(F)c1)C2c1ccc(Cl)cc1.COC(=O)[C@H](COC(C)(C)C)NC(=O)N1CCC2(CC1)C(=O)N(c1cccc(F)c1)C2c1ccc(Cl)cc1.S.S.[SH-]. The van der Waals surface area contributed by atoms with Gasteiger partial charge in [0.2, 0.25) is 11.8 Å². The number of amides is 6. The van der Waals surface area contributed by atoms with E-state index < -0.39 is 70.8 Å². The first-order chi connectivity index (χ1) is 34.2. The molecule has 8 rings (SSSR count). The maximum absolute atomic E-state index is 14.0. The Morgan fingerprint density at radius 3 is 1.35 bits per heavy atom. The Hall–Kier alpha value is -5.29. The molecule has 4 aromatic rings. The first-order valence-corrected chi connectivity index (χ1v) is 24.2. The molecule has 4 aromatic carbocycles. The van der Waals surface area contributed by atoms with Crippen molar-refractivity contribution in [3.8, 4) is 0 Å². The molecule has 0 radical (unpaired) electrons. The van der Waals surface area contributed by atoms with Crippen molar-refractivity contribution in [2.24, 2.45) is 10.8 Å². The van der Waals surface area contributed by atoms with Crippen molar-refractivity contribution in [3.63, 3.8) is 0 Å². The number of methoxy groups -OCH3 is 2. The highest BCUT2D eigenvalue weighted by atomic mass is 35.5. The van der Waals surface area contributed by atoms with Gasteiger partial charge in [-0.05, 0) is 118 Å². The number of hydrogen-bond donors (Lipinski definition) is 3. The molecule has 2 spiro atoms. The number of benzene rings is 4. The number of aliphatic hydroxyl groups excluding tert-OH is 1. The van der Waals surface area contributed by atoms with E-state index >= 15 is 0 Å². The molecule has 2 unspecified atom stereocenters. The maximum atomic E-state index is 14.0.